The number of ether oxygens (including phenoxy) is 1. The van der Waals surface area contributed by atoms with Gasteiger partial charge in [-0.05, 0) is 37.6 Å². The average Bonchev–Trinajstić information content (AvgIpc) is 2.74. The Hall–Kier alpha value is -2.26. The molecule has 1 aromatic carbocycles. The van der Waals surface area contributed by atoms with Crippen LogP contribution in [0.1, 0.15) is 19.4 Å². The van der Waals surface area contributed by atoms with Gasteiger partial charge in [0.25, 0.3) is 11.6 Å². The van der Waals surface area contributed by atoms with Crippen LogP contribution < -0.4 is 0 Å². The number of hydrogen-bond donors (Lipinski definition) is 0. The van der Waals surface area contributed by atoms with Gasteiger partial charge in [-0.3, -0.25) is 24.6 Å². The van der Waals surface area contributed by atoms with Crippen molar-refractivity contribution in [3.05, 3.63) is 44.8 Å². The van der Waals surface area contributed by atoms with Crippen LogP contribution in [0.5, 0.6) is 0 Å². The summed E-state index contributed by atoms with van der Waals surface area (Å²) in [5.74, 6) is -0.915. The summed E-state index contributed by atoms with van der Waals surface area (Å²) in [6.07, 6.45) is 1.31. The highest BCUT2D eigenvalue weighted by atomic mass is 32.2. The van der Waals surface area contributed by atoms with E-state index in [2.05, 4.69) is 0 Å². The minimum atomic E-state index is -0.530. The Kier molecular flexibility index (Phi) is 5.68. The molecule has 1 saturated heterocycles. The van der Waals surface area contributed by atoms with Crippen LogP contribution in [0.4, 0.5) is 5.69 Å². The molecule has 9 heteroatoms. The first-order chi connectivity index (χ1) is 11.3. The maximum absolute atomic E-state index is 12.4. The van der Waals surface area contributed by atoms with Gasteiger partial charge in [0.15, 0.2) is 0 Å². The highest BCUT2D eigenvalue weighted by molar-refractivity contribution is 8.26. The van der Waals surface area contributed by atoms with Crippen molar-refractivity contribution in [2.45, 2.75) is 20.0 Å². The maximum Gasteiger partial charge on any atom is 0.326 e. The van der Waals surface area contributed by atoms with Crippen LogP contribution in [0, 0.1) is 10.1 Å². The van der Waals surface area contributed by atoms with Crippen LogP contribution in [0.3, 0.4) is 0 Å². The van der Waals surface area contributed by atoms with Gasteiger partial charge in [-0.2, -0.15) is 0 Å². The number of nitrogens with zero attached hydrogens (tertiary/aromatic N) is 2. The number of nitro benzene ring substituents is 1. The lowest BCUT2D eigenvalue weighted by atomic mass is 10.2. The first-order valence-corrected chi connectivity index (χ1v) is 8.19. The second-order valence-electron chi connectivity index (χ2n) is 5.16. The second-order valence-corrected chi connectivity index (χ2v) is 6.83. The number of esters is 1. The first kappa shape index (κ1) is 18.1. The van der Waals surface area contributed by atoms with E-state index in [1.54, 1.807) is 19.9 Å². The summed E-state index contributed by atoms with van der Waals surface area (Å²) in [7, 11) is 0. The molecular formula is C15H14N2O5S2. The number of non-ortho nitro benzene ring substituents is 1. The molecule has 0 atom stereocenters. The van der Waals surface area contributed by atoms with Gasteiger partial charge in [0.05, 0.1) is 15.9 Å². The Bertz CT molecular complexity index is 728. The summed E-state index contributed by atoms with van der Waals surface area (Å²) >= 11 is 6.20. The molecule has 0 radical (unpaired) electrons. The molecule has 1 fully saturated rings. The number of carbonyl (C=O) groups excluding carboxylic acids is 2. The zero-order valence-electron chi connectivity index (χ0n) is 12.9. The van der Waals surface area contributed by atoms with Crippen molar-refractivity contribution in [2.75, 3.05) is 6.54 Å². The summed E-state index contributed by atoms with van der Waals surface area (Å²) in [6.45, 7) is 3.20. The lowest BCUT2D eigenvalue weighted by Gasteiger charge is -2.14. The van der Waals surface area contributed by atoms with Crippen LogP contribution in [-0.4, -0.2) is 38.7 Å². The summed E-state index contributed by atoms with van der Waals surface area (Å²) < 4.78 is 5.28. The molecule has 0 unspecified atom stereocenters. The Morgan fingerprint density at radius 3 is 2.58 bits per heavy atom. The predicted octanol–water partition coefficient (Wildman–Crippen LogP) is 2.75. The molecule has 1 heterocycles. The smallest absolute Gasteiger partial charge is 0.326 e. The zero-order valence-corrected chi connectivity index (χ0v) is 14.6. The quantitative estimate of drug-likeness (QED) is 0.260. The fourth-order valence-corrected chi connectivity index (χ4v) is 3.16. The Morgan fingerprint density at radius 1 is 1.42 bits per heavy atom. The first-order valence-electron chi connectivity index (χ1n) is 6.97. The van der Waals surface area contributed by atoms with E-state index < -0.39 is 10.9 Å². The van der Waals surface area contributed by atoms with Gasteiger partial charge in [-0.15, -0.1) is 0 Å². The van der Waals surface area contributed by atoms with E-state index in [4.69, 9.17) is 17.0 Å². The van der Waals surface area contributed by atoms with Crippen molar-refractivity contribution in [1.29, 1.82) is 0 Å². The number of hydrogen-bond acceptors (Lipinski definition) is 7. The van der Waals surface area contributed by atoms with E-state index >= 15 is 0 Å². The van der Waals surface area contributed by atoms with Crippen molar-refractivity contribution in [3.63, 3.8) is 0 Å². The number of rotatable bonds is 5. The topological polar surface area (TPSA) is 89.8 Å². The minimum absolute atomic E-state index is 0.0314. The molecule has 24 heavy (non-hydrogen) atoms. The van der Waals surface area contributed by atoms with Gasteiger partial charge < -0.3 is 4.74 Å². The molecule has 1 aliphatic rings. The Morgan fingerprint density at radius 2 is 2.04 bits per heavy atom. The number of thiocarbonyl (C=S) groups is 1. The fourth-order valence-electron chi connectivity index (χ4n) is 1.91. The molecule has 0 bridgehead atoms. The molecule has 0 aromatic heterocycles. The van der Waals surface area contributed by atoms with E-state index in [0.717, 1.165) is 11.8 Å². The molecule has 1 amide bonds. The van der Waals surface area contributed by atoms with Crippen molar-refractivity contribution >= 4 is 51.9 Å². The van der Waals surface area contributed by atoms with Gasteiger partial charge in [0, 0.05) is 12.1 Å². The summed E-state index contributed by atoms with van der Waals surface area (Å²) in [5, 5.41) is 10.6. The van der Waals surface area contributed by atoms with Gasteiger partial charge in [0.1, 0.15) is 10.9 Å². The number of carbonyl (C=O) groups is 2. The highest BCUT2D eigenvalue weighted by Gasteiger charge is 2.33. The van der Waals surface area contributed by atoms with E-state index in [0.29, 0.717) is 10.5 Å². The van der Waals surface area contributed by atoms with Crippen molar-refractivity contribution in [2.24, 2.45) is 0 Å². The largest absolute Gasteiger partial charge is 0.462 e. The van der Waals surface area contributed by atoms with E-state index in [1.165, 1.54) is 29.2 Å². The van der Waals surface area contributed by atoms with Crippen molar-refractivity contribution < 1.29 is 19.2 Å². The SMILES string of the molecule is CC(C)OC(=O)CN1C(=O)C(=Cc2ccc([N+](=O)[O-])cc2)SC1=S. The van der Waals surface area contributed by atoms with Crippen molar-refractivity contribution in [1.82, 2.24) is 4.90 Å². The molecule has 1 aromatic rings. The monoisotopic (exact) mass is 366 g/mol. The maximum atomic E-state index is 12.4. The van der Waals surface area contributed by atoms with E-state index in [1.807, 2.05) is 0 Å². The summed E-state index contributed by atoms with van der Waals surface area (Å²) in [5.41, 5.74) is 0.599. The average molecular weight is 366 g/mol. The van der Waals surface area contributed by atoms with Gasteiger partial charge in [-0.1, -0.05) is 24.0 Å². The van der Waals surface area contributed by atoms with Crippen molar-refractivity contribution in [3.8, 4) is 0 Å². The van der Waals surface area contributed by atoms with Crippen LogP contribution in [0.2, 0.25) is 0 Å². The molecule has 1 aliphatic heterocycles. The molecule has 0 aliphatic carbocycles. The third-order valence-electron chi connectivity index (χ3n) is 2.93. The lowest BCUT2D eigenvalue weighted by Crippen LogP contribution is -2.35. The molecule has 0 saturated carbocycles. The summed E-state index contributed by atoms with van der Waals surface area (Å²) in [6, 6.07) is 5.79. The van der Waals surface area contributed by atoms with Crippen LogP contribution in [-0.2, 0) is 14.3 Å². The third kappa shape index (κ3) is 4.39. The van der Waals surface area contributed by atoms with Gasteiger partial charge >= 0.3 is 5.97 Å². The highest BCUT2D eigenvalue weighted by Crippen LogP contribution is 2.32. The van der Waals surface area contributed by atoms with E-state index in [9.17, 15) is 19.7 Å². The standard InChI is InChI=1S/C15H14N2O5S2/c1-9(2)22-13(18)8-16-14(19)12(24-15(16)23)7-10-3-5-11(6-4-10)17(20)21/h3-7,9H,8H2,1-2H3. The fraction of sp³-hybridized carbons (Fsp3) is 0.267. The Balaban J connectivity index is 2.12. The molecule has 0 N–H and O–H groups in total. The van der Waals surface area contributed by atoms with Crippen LogP contribution >= 0.6 is 24.0 Å². The number of amides is 1. The van der Waals surface area contributed by atoms with E-state index in [-0.39, 0.29) is 28.6 Å². The molecule has 0 spiro atoms. The lowest BCUT2D eigenvalue weighted by molar-refractivity contribution is -0.384. The van der Waals surface area contributed by atoms with Crippen LogP contribution in [0.15, 0.2) is 29.2 Å². The molecule has 126 valence electrons. The number of nitro groups is 1. The number of benzene rings is 1. The minimum Gasteiger partial charge on any atom is -0.462 e. The molecule has 7 nitrogen and oxygen atoms in total. The molecular weight excluding hydrogens is 352 g/mol. The molecule has 2 rings (SSSR count). The number of thioether (sulfide) groups is 1. The van der Waals surface area contributed by atoms with Gasteiger partial charge in [0.2, 0.25) is 0 Å². The Labute approximate surface area is 147 Å². The predicted molar refractivity (Wildman–Crippen MR) is 94.2 cm³/mol. The summed E-state index contributed by atoms with van der Waals surface area (Å²) in [4.78, 5) is 35.7. The third-order valence-corrected chi connectivity index (χ3v) is 4.31. The van der Waals surface area contributed by atoms with Gasteiger partial charge in [-0.25, -0.2) is 0 Å². The zero-order chi connectivity index (χ0) is 17.9. The normalized spacial score (nSPS) is 16.1. The van der Waals surface area contributed by atoms with Crippen LogP contribution in [0.25, 0.3) is 6.08 Å². The second kappa shape index (κ2) is 7.54.